The van der Waals surface area contributed by atoms with Gasteiger partial charge >= 0.3 is 5.97 Å². The average molecular weight is 357 g/mol. The highest BCUT2D eigenvalue weighted by Gasteiger charge is 2.58. The Morgan fingerprint density at radius 2 is 1.88 bits per heavy atom. The molecule has 0 aromatic heterocycles. The lowest BCUT2D eigenvalue weighted by atomic mass is 9.48. The number of carbonyl (C=O) groups is 2. The number of Topliss-reactive ketones (excluding diaryl/α,β-unsaturated/α-hetero) is 1. The third kappa shape index (κ3) is 2.61. The fraction of sp³-hybridized carbons (Fsp3) is 0.739. The van der Waals surface area contributed by atoms with Crippen molar-refractivity contribution in [2.24, 2.45) is 28.6 Å². The Morgan fingerprint density at radius 1 is 1.15 bits per heavy atom. The van der Waals surface area contributed by atoms with Crippen LogP contribution in [0.4, 0.5) is 0 Å². The maximum Gasteiger partial charge on any atom is 0.330 e. The van der Waals surface area contributed by atoms with Gasteiger partial charge in [0.05, 0.1) is 0 Å². The van der Waals surface area contributed by atoms with Gasteiger partial charge in [-0.3, -0.25) is 4.79 Å². The highest BCUT2D eigenvalue weighted by atomic mass is 16.5. The third-order valence-electron chi connectivity index (χ3n) is 8.35. The van der Waals surface area contributed by atoms with E-state index in [1.54, 1.807) is 6.08 Å². The molecule has 0 N–H and O–H groups in total. The molecule has 0 unspecified atom stereocenters. The quantitative estimate of drug-likeness (QED) is 0.397. The van der Waals surface area contributed by atoms with Crippen molar-refractivity contribution >= 4 is 11.8 Å². The largest absolute Gasteiger partial charge is 0.459 e. The molecule has 0 saturated heterocycles. The normalized spacial score (nSPS) is 44.9. The Hall–Kier alpha value is -1.38. The van der Waals surface area contributed by atoms with E-state index >= 15 is 0 Å². The van der Waals surface area contributed by atoms with Gasteiger partial charge in [-0.15, -0.1) is 0 Å². The molecule has 3 saturated carbocycles. The molecule has 3 fully saturated rings. The molecule has 0 heterocycles. The lowest BCUT2D eigenvalue weighted by molar-refractivity contribution is -0.145. The number of hydrogen-bond acceptors (Lipinski definition) is 3. The van der Waals surface area contributed by atoms with Crippen LogP contribution in [0, 0.1) is 28.6 Å². The Labute approximate surface area is 157 Å². The van der Waals surface area contributed by atoms with E-state index in [1.165, 1.54) is 18.1 Å². The molecule has 6 atom stereocenters. The number of carbonyl (C=O) groups excluding carboxylic acids is 2. The first kappa shape index (κ1) is 18.0. The summed E-state index contributed by atoms with van der Waals surface area (Å²) in [5, 5.41) is 0. The van der Waals surface area contributed by atoms with E-state index in [0.717, 1.165) is 44.9 Å². The van der Waals surface area contributed by atoms with E-state index in [0.29, 0.717) is 23.5 Å². The Balaban J connectivity index is 1.54. The fourth-order valence-corrected chi connectivity index (χ4v) is 6.84. The molecule has 0 aromatic rings. The van der Waals surface area contributed by atoms with Crippen LogP contribution in [0.2, 0.25) is 0 Å². The second kappa shape index (κ2) is 6.35. The number of hydrogen-bond donors (Lipinski definition) is 0. The van der Waals surface area contributed by atoms with E-state index in [2.05, 4.69) is 19.9 Å². The summed E-state index contributed by atoms with van der Waals surface area (Å²) >= 11 is 0. The molecule has 142 valence electrons. The summed E-state index contributed by atoms with van der Waals surface area (Å²) < 4.78 is 5.65. The van der Waals surface area contributed by atoms with E-state index in [-0.39, 0.29) is 22.9 Å². The first-order chi connectivity index (χ1) is 12.4. The van der Waals surface area contributed by atoms with E-state index in [9.17, 15) is 9.59 Å². The molecule has 0 spiro atoms. The van der Waals surface area contributed by atoms with Gasteiger partial charge in [0.2, 0.25) is 0 Å². The lowest BCUT2D eigenvalue weighted by Crippen LogP contribution is -2.50. The highest BCUT2D eigenvalue weighted by Crippen LogP contribution is 2.64. The van der Waals surface area contributed by atoms with Crippen LogP contribution in [0.5, 0.6) is 0 Å². The Bertz CT molecular complexity index is 675. The minimum atomic E-state index is -0.215. The molecule has 3 heteroatoms. The molecule has 4 aliphatic carbocycles. The minimum Gasteiger partial charge on any atom is -0.459 e. The van der Waals surface area contributed by atoms with Crippen LogP contribution in [0.3, 0.4) is 0 Å². The summed E-state index contributed by atoms with van der Waals surface area (Å²) in [6.07, 6.45) is 13.9. The van der Waals surface area contributed by atoms with Crippen LogP contribution in [0.25, 0.3) is 0 Å². The third-order valence-corrected chi connectivity index (χ3v) is 8.35. The van der Waals surface area contributed by atoms with Gasteiger partial charge in [0.15, 0.2) is 0 Å². The van der Waals surface area contributed by atoms with Gasteiger partial charge < -0.3 is 4.74 Å². The average Bonchev–Trinajstić information content (AvgIpc) is 2.91. The first-order valence-electron chi connectivity index (χ1n) is 10.4. The molecule has 4 rings (SSSR count). The maximum absolute atomic E-state index is 12.5. The molecule has 26 heavy (non-hydrogen) atoms. The monoisotopic (exact) mass is 356 g/mol. The van der Waals surface area contributed by atoms with Crippen molar-refractivity contribution in [3.63, 3.8) is 0 Å². The van der Waals surface area contributed by atoms with Crippen molar-refractivity contribution in [2.75, 3.05) is 0 Å². The number of ketones is 1. The van der Waals surface area contributed by atoms with Crippen LogP contribution in [0.1, 0.15) is 72.1 Å². The predicted octanol–water partition coefficient (Wildman–Crippen LogP) is 5.01. The number of esters is 1. The molecule has 0 aromatic carbocycles. The van der Waals surface area contributed by atoms with Gasteiger partial charge in [-0.05, 0) is 68.6 Å². The standard InChI is InChI=1S/C23H32O3/c1-4-5-21(25)26-16-10-12-22(2)15(14-16)6-7-17-18-8-9-20(24)23(18,3)13-11-19(17)22/h4-6,16-19H,7-14H2,1-3H3/b5-4+/t16-,17-,18-,19-,22-,23-/m0/s1. The van der Waals surface area contributed by atoms with E-state index in [1.807, 2.05) is 6.92 Å². The maximum atomic E-state index is 12.5. The second-order valence-corrected chi connectivity index (χ2v) is 9.48. The van der Waals surface area contributed by atoms with Gasteiger partial charge in [-0.2, -0.15) is 0 Å². The summed E-state index contributed by atoms with van der Waals surface area (Å²) in [7, 11) is 0. The number of fused-ring (bicyclic) bond motifs is 5. The molecule has 0 radical (unpaired) electrons. The highest BCUT2D eigenvalue weighted by molar-refractivity contribution is 5.87. The minimum absolute atomic E-state index is 0.0245. The topological polar surface area (TPSA) is 43.4 Å². The molecule has 0 bridgehead atoms. The second-order valence-electron chi connectivity index (χ2n) is 9.48. The predicted molar refractivity (Wildman–Crippen MR) is 101 cm³/mol. The molecule has 3 nitrogen and oxygen atoms in total. The molecule has 0 amide bonds. The fourth-order valence-electron chi connectivity index (χ4n) is 6.84. The van der Waals surface area contributed by atoms with Gasteiger partial charge in [0.25, 0.3) is 0 Å². The zero-order chi connectivity index (χ0) is 18.5. The Kier molecular flexibility index (Phi) is 4.40. The molecule has 4 aliphatic rings. The lowest BCUT2D eigenvalue weighted by Gasteiger charge is -2.56. The van der Waals surface area contributed by atoms with Crippen molar-refractivity contribution in [1.29, 1.82) is 0 Å². The van der Waals surface area contributed by atoms with Crippen LogP contribution >= 0.6 is 0 Å². The summed E-state index contributed by atoms with van der Waals surface area (Å²) in [5.74, 6) is 2.23. The zero-order valence-corrected chi connectivity index (χ0v) is 16.4. The summed E-state index contributed by atoms with van der Waals surface area (Å²) in [4.78, 5) is 24.3. The van der Waals surface area contributed by atoms with Crippen molar-refractivity contribution in [3.8, 4) is 0 Å². The van der Waals surface area contributed by atoms with Crippen molar-refractivity contribution in [1.82, 2.24) is 0 Å². The van der Waals surface area contributed by atoms with Crippen LogP contribution < -0.4 is 0 Å². The van der Waals surface area contributed by atoms with E-state index < -0.39 is 0 Å². The summed E-state index contributed by atoms with van der Waals surface area (Å²) in [6.45, 7) is 6.52. The Morgan fingerprint density at radius 3 is 2.65 bits per heavy atom. The van der Waals surface area contributed by atoms with E-state index in [4.69, 9.17) is 4.74 Å². The van der Waals surface area contributed by atoms with Crippen LogP contribution in [0.15, 0.2) is 23.8 Å². The SMILES string of the molecule is C/C=C/C(=O)O[C@H]1CC[C@@]2(C)C(=CC[C@@H]3[C@@H]2CC[C@]2(C)C(=O)CC[C@@H]32)C1. The smallest absolute Gasteiger partial charge is 0.330 e. The van der Waals surface area contributed by atoms with Crippen molar-refractivity contribution < 1.29 is 14.3 Å². The van der Waals surface area contributed by atoms with Crippen molar-refractivity contribution in [3.05, 3.63) is 23.8 Å². The van der Waals surface area contributed by atoms with Gasteiger partial charge in [-0.25, -0.2) is 4.79 Å². The number of rotatable bonds is 2. The van der Waals surface area contributed by atoms with Crippen molar-refractivity contribution in [2.45, 2.75) is 78.2 Å². The summed E-state index contributed by atoms with van der Waals surface area (Å²) in [5.41, 5.74) is 1.69. The number of allylic oxidation sites excluding steroid dienone is 2. The van der Waals surface area contributed by atoms with Gasteiger partial charge in [-0.1, -0.05) is 31.6 Å². The first-order valence-corrected chi connectivity index (χ1v) is 10.4. The van der Waals surface area contributed by atoms with Crippen LogP contribution in [-0.2, 0) is 14.3 Å². The van der Waals surface area contributed by atoms with Gasteiger partial charge in [0, 0.05) is 24.3 Å². The zero-order valence-electron chi connectivity index (χ0n) is 16.4. The molecule has 0 aliphatic heterocycles. The number of ether oxygens (including phenoxy) is 1. The van der Waals surface area contributed by atoms with Crippen LogP contribution in [-0.4, -0.2) is 17.9 Å². The molecular formula is C23H32O3. The summed E-state index contributed by atoms with van der Waals surface area (Å²) in [6, 6.07) is 0. The van der Waals surface area contributed by atoms with Gasteiger partial charge in [0.1, 0.15) is 11.9 Å². The molecular weight excluding hydrogens is 324 g/mol.